The molecule has 0 aromatic carbocycles. The second kappa shape index (κ2) is 3.64. The summed E-state index contributed by atoms with van der Waals surface area (Å²) in [4.78, 5) is 3.98. The third-order valence-electron chi connectivity index (χ3n) is 2.07. The van der Waals surface area contributed by atoms with Crippen LogP contribution in [0.4, 0.5) is 0 Å². The standard InChI is InChI=1S/C10H11N3O/c11-4-7-3-10(14-8-1-2-8)9(5-12)13-6-7/h3,6,8H,1-2,4,11H2. The predicted octanol–water partition coefficient (Wildman–Crippen LogP) is 0.953. The molecule has 0 bridgehead atoms. The largest absolute Gasteiger partial charge is 0.487 e. The Morgan fingerprint density at radius 2 is 2.43 bits per heavy atom. The molecule has 1 fully saturated rings. The molecule has 1 aliphatic rings. The molecule has 14 heavy (non-hydrogen) atoms. The zero-order chi connectivity index (χ0) is 9.97. The molecular formula is C10H11N3O. The lowest BCUT2D eigenvalue weighted by Gasteiger charge is -2.06. The average Bonchev–Trinajstić information content (AvgIpc) is 3.01. The first-order chi connectivity index (χ1) is 6.83. The Hall–Kier alpha value is -1.60. The van der Waals surface area contributed by atoms with Crippen LogP contribution in [-0.2, 0) is 6.54 Å². The van der Waals surface area contributed by atoms with E-state index in [-0.39, 0.29) is 6.10 Å². The van der Waals surface area contributed by atoms with Gasteiger partial charge in [0.05, 0.1) is 6.10 Å². The fraction of sp³-hybridized carbons (Fsp3) is 0.400. The molecular weight excluding hydrogens is 178 g/mol. The van der Waals surface area contributed by atoms with Crippen molar-refractivity contribution in [2.75, 3.05) is 0 Å². The molecule has 2 N–H and O–H groups in total. The fourth-order valence-corrected chi connectivity index (χ4v) is 1.14. The lowest BCUT2D eigenvalue weighted by atomic mass is 10.2. The van der Waals surface area contributed by atoms with Gasteiger partial charge in [-0.05, 0) is 24.5 Å². The van der Waals surface area contributed by atoms with Crippen molar-refractivity contribution in [3.8, 4) is 11.8 Å². The third-order valence-corrected chi connectivity index (χ3v) is 2.07. The van der Waals surface area contributed by atoms with Crippen molar-refractivity contribution in [1.29, 1.82) is 5.26 Å². The van der Waals surface area contributed by atoms with Crippen LogP contribution in [0.1, 0.15) is 24.1 Å². The number of rotatable bonds is 3. The van der Waals surface area contributed by atoms with E-state index in [1.165, 1.54) is 0 Å². The van der Waals surface area contributed by atoms with E-state index < -0.39 is 0 Å². The van der Waals surface area contributed by atoms with Gasteiger partial charge in [-0.1, -0.05) is 0 Å². The number of hydrogen-bond donors (Lipinski definition) is 1. The molecule has 0 unspecified atom stereocenters. The number of aromatic nitrogens is 1. The van der Waals surface area contributed by atoms with E-state index in [1.54, 1.807) is 12.3 Å². The number of ether oxygens (including phenoxy) is 1. The van der Waals surface area contributed by atoms with E-state index in [1.807, 2.05) is 6.07 Å². The highest BCUT2D eigenvalue weighted by Crippen LogP contribution is 2.28. The summed E-state index contributed by atoms with van der Waals surface area (Å²) in [7, 11) is 0. The van der Waals surface area contributed by atoms with Crippen LogP contribution < -0.4 is 10.5 Å². The van der Waals surface area contributed by atoms with Crippen molar-refractivity contribution in [1.82, 2.24) is 4.98 Å². The summed E-state index contributed by atoms with van der Waals surface area (Å²) in [5.74, 6) is 0.568. The summed E-state index contributed by atoms with van der Waals surface area (Å²) < 4.78 is 5.55. The Kier molecular flexibility index (Phi) is 2.33. The molecule has 0 atom stereocenters. The first-order valence-corrected chi connectivity index (χ1v) is 4.59. The van der Waals surface area contributed by atoms with E-state index in [9.17, 15) is 0 Å². The normalized spacial score (nSPS) is 14.9. The lowest BCUT2D eigenvalue weighted by Crippen LogP contribution is -2.03. The molecule has 1 saturated carbocycles. The van der Waals surface area contributed by atoms with Gasteiger partial charge in [0.1, 0.15) is 6.07 Å². The van der Waals surface area contributed by atoms with Gasteiger partial charge in [0.15, 0.2) is 11.4 Å². The number of pyridine rings is 1. The summed E-state index contributed by atoms with van der Waals surface area (Å²) in [6.45, 7) is 0.416. The number of nitriles is 1. The van der Waals surface area contributed by atoms with E-state index in [4.69, 9.17) is 15.7 Å². The van der Waals surface area contributed by atoms with Crippen LogP contribution in [-0.4, -0.2) is 11.1 Å². The van der Waals surface area contributed by atoms with Crippen LogP contribution in [0.3, 0.4) is 0 Å². The molecule has 0 radical (unpaired) electrons. The monoisotopic (exact) mass is 189 g/mol. The Balaban J connectivity index is 2.27. The first-order valence-electron chi connectivity index (χ1n) is 4.59. The maximum atomic E-state index is 8.79. The van der Waals surface area contributed by atoms with Gasteiger partial charge in [0.25, 0.3) is 0 Å². The molecule has 1 aromatic heterocycles. The predicted molar refractivity (Wildman–Crippen MR) is 50.5 cm³/mol. The van der Waals surface area contributed by atoms with Crippen LogP contribution in [0.5, 0.6) is 5.75 Å². The summed E-state index contributed by atoms with van der Waals surface area (Å²) in [5.41, 5.74) is 6.71. The average molecular weight is 189 g/mol. The fourth-order valence-electron chi connectivity index (χ4n) is 1.14. The SMILES string of the molecule is N#Cc1ncc(CN)cc1OC1CC1. The minimum atomic E-state index is 0.275. The lowest BCUT2D eigenvalue weighted by molar-refractivity contribution is 0.300. The Morgan fingerprint density at radius 1 is 1.64 bits per heavy atom. The quantitative estimate of drug-likeness (QED) is 0.768. The van der Waals surface area contributed by atoms with Gasteiger partial charge in [0.2, 0.25) is 0 Å². The summed E-state index contributed by atoms with van der Waals surface area (Å²) >= 11 is 0. The second-order valence-electron chi connectivity index (χ2n) is 3.32. The summed E-state index contributed by atoms with van der Waals surface area (Å²) in [6.07, 6.45) is 4.02. The Labute approximate surface area is 82.3 Å². The third kappa shape index (κ3) is 1.83. The van der Waals surface area contributed by atoms with E-state index in [0.717, 1.165) is 18.4 Å². The van der Waals surface area contributed by atoms with Gasteiger partial charge in [-0.3, -0.25) is 0 Å². The van der Waals surface area contributed by atoms with E-state index in [0.29, 0.717) is 18.0 Å². The molecule has 0 aliphatic heterocycles. The highest BCUT2D eigenvalue weighted by molar-refractivity contribution is 5.39. The van der Waals surface area contributed by atoms with Crippen molar-refractivity contribution >= 4 is 0 Å². The molecule has 1 aromatic rings. The summed E-state index contributed by atoms with van der Waals surface area (Å²) in [6, 6.07) is 3.80. The molecule has 1 aliphatic carbocycles. The van der Waals surface area contributed by atoms with Gasteiger partial charge >= 0.3 is 0 Å². The highest BCUT2D eigenvalue weighted by Gasteiger charge is 2.24. The van der Waals surface area contributed by atoms with Crippen molar-refractivity contribution < 1.29 is 4.74 Å². The first kappa shape index (κ1) is 8.97. The van der Waals surface area contributed by atoms with Crippen molar-refractivity contribution in [2.45, 2.75) is 25.5 Å². The molecule has 0 spiro atoms. The Bertz CT molecular complexity index is 379. The van der Waals surface area contributed by atoms with Crippen LogP contribution in [0.15, 0.2) is 12.3 Å². The molecule has 4 nitrogen and oxygen atoms in total. The number of hydrogen-bond acceptors (Lipinski definition) is 4. The van der Waals surface area contributed by atoms with Gasteiger partial charge < -0.3 is 10.5 Å². The smallest absolute Gasteiger partial charge is 0.182 e. The van der Waals surface area contributed by atoms with Gasteiger partial charge in [-0.25, -0.2) is 4.98 Å². The molecule has 0 amide bonds. The van der Waals surface area contributed by atoms with Gasteiger partial charge in [-0.2, -0.15) is 5.26 Å². The summed E-state index contributed by atoms with van der Waals surface area (Å²) in [5, 5.41) is 8.79. The van der Waals surface area contributed by atoms with E-state index >= 15 is 0 Å². The van der Waals surface area contributed by atoms with Crippen LogP contribution in [0, 0.1) is 11.3 Å². The van der Waals surface area contributed by atoms with Crippen LogP contribution in [0.25, 0.3) is 0 Å². The van der Waals surface area contributed by atoms with E-state index in [2.05, 4.69) is 4.98 Å². The molecule has 0 saturated heterocycles. The van der Waals surface area contributed by atoms with Gasteiger partial charge in [0, 0.05) is 12.7 Å². The zero-order valence-electron chi connectivity index (χ0n) is 7.73. The van der Waals surface area contributed by atoms with Crippen molar-refractivity contribution in [3.05, 3.63) is 23.5 Å². The molecule has 1 heterocycles. The van der Waals surface area contributed by atoms with Crippen LogP contribution >= 0.6 is 0 Å². The van der Waals surface area contributed by atoms with Crippen LogP contribution in [0.2, 0.25) is 0 Å². The zero-order valence-corrected chi connectivity index (χ0v) is 7.73. The van der Waals surface area contributed by atoms with Crippen molar-refractivity contribution in [2.24, 2.45) is 5.73 Å². The second-order valence-corrected chi connectivity index (χ2v) is 3.32. The number of nitrogens with zero attached hydrogens (tertiary/aromatic N) is 2. The Morgan fingerprint density at radius 3 is 3.00 bits per heavy atom. The maximum Gasteiger partial charge on any atom is 0.182 e. The van der Waals surface area contributed by atoms with Gasteiger partial charge in [-0.15, -0.1) is 0 Å². The molecule has 72 valence electrons. The topological polar surface area (TPSA) is 71.9 Å². The minimum Gasteiger partial charge on any atom is -0.487 e. The minimum absolute atomic E-state index is 0.275. The molecule has 2 rings (SSSR count). The maximum absolute atomic E-state index is 8.79. The number of nitrogens with two attached hydrogens (primary N) is 1. The van der Waals surface area contributed by atoms with Crippen molar-refractivity contribution in [3.63, 3.8) is 0 Å². The molecule has 4 heteroatoms. The highest BCUT2D eigenvalue weighted by atomic mass is 16.5.